The third-order valence-electron chi connectivity index (χ3n) is 6.07. The zero-order valence-electron chi connectivity index (χ0n) is 14.1. The van der Waals surface area contributed by atoms with Crippen molar-refractivity contribution in [3.05, 3.63) is 0 Å². The number of hydrogen-bond acceptors (Lipinski definition) is 4. The van der Waals surface area contributed by atoms with E-state index in [4.69, 9.17) is 0 Å². The molecule has 0 radical (unpaired) electrons. The van der Waals surface area contributed by atoms with Gasteiger partial charge in [-0.1, -0.05) is 38.5 Å². The third kappa shape index (κ3) is 4.44. The normalized spacial score (nSPS) is 30.3. The second-order valence-corrected chi connectivity index (χ2v) is 8.12. The molecule has 0 bridgehead atoms. The molecule has 3 aliphatic rings. The molecular formula is C18H34N2O2. The minimum absolute atomic E-state index is 0.429. The van der Waals surface area contributed by atoms with E-state index in [1.807, 2.05) is 0 Å². The highest BCUT2D eigenvalue weighted by atomic mass is 16.3. The molecule has 0 aromatic carbocycles. The van der Waals surface area contributed by atoms with Crippen molar-refractivity contribution < 1.29 is 10.2 Å². The zero-order valence-corrected chi connectivity index (χ0v) is 14.1. The summed E-state index contributed by atoms with van der Waals surface area (Å²) < 4.78 is 0. The Morgan fingerprint density at radius 3 is 1.18 bits per heavy atom. The summed E-state index contributed by atoms with van der Waals surface area (Å²) in [7, 11) is 0. The molecule has 0 aromatic rings. The summed E-state index contributed by atoms with van der Waals surface area (Å²) in [4.78, 5) is 4.87. The van der Waals surface area contributed by atoms with Gasteiger partial charge in [-0.2, -0.15) is 0 Å². The fraction of sp³-hybridized carbons (Fsp3) is 1.00. The molecule has 1 aliphatic heterocycles. The molecule has 0 aromatic heterocycles. The van der Waals surface area contributed by atoms with E-state index >= 15 is 0 Å². The van der Waals surface area contributed by atoms with Gasteiger partial charge in [0.25, 0.3) is 0 Å². The maximum Gasteiger partial charge on any atom is 0.0774 e. The summed E-state index contributed by atoms with van der Waals surface area (Å²) in [5, 5.41) is 21.4. The van der Waals surface area contributed by atoms with Gasteiger partial charge in [0.2, 0.25) is 0 Å². The van der Waals surface area contributed by atoms with Crippen molar-refractivity contribution in [2.24, 2.45) is 0 Å². The van der Waals surface area contributed by atoms with Gasteiger partial charge in [0.1, 0.15) is 0 Å². The van der Waals surface area contributed by atoms with Crippen LogP contribution in [-0.2, 0) is 0 Å². The Morgan fingerprint density at radius 2 is 0.864 bits per heavy atom. The lowest BCUT2D eigenvalue weighted by atomic mass is 9.84. The second-order valence-electron chi connectivity index (χ2n) is 8.12. The molecule has 128 valence electrons. The Morgan fingerprint density at radius 1 is 0.545 bits per heavy atom. The highest BCUT2D eigenvalue weighted by Crippen LogP contribution is 2.30. The molecule has 4 heteroatoms. The van der Waals surface area contributed by atoms with Crippen molar-refractivity contribution in [3.8, 4) is 0 Å². The highest BCUT2D eigenvalue weighted by molar-refractivity contribution is 4.90. The smallest absolute Gasteiger partial charge is 0.0774 e. The van der Waals surface area contributed by atoms with Crippen LogP contribution in [0.5, 0.6) is 0 Å². The molecule has 1 heterocycles. The van der Waals surface area contributed by atoms with Crippen LogP contribution < -0.4 is 0 Å². The minimum Gasteiger partial charge on any atom is -0.389 e. The molecule has 2 N–H and O–H groups in total. The summed E-state index contributed by atoms with van der Waals surface area (Å²) in [5.41, 5.74) is -0.857. The SMILES string of the molecule is OC1(CN2CCN(CC3(O)CCCCC3)CC2)CCCCC1. The van der Waals surface area contributed by atoms with E-state index < -0.39 is 11.2 Å². The quantitative estimate of drug-likeness (QED) is 0.834. The molecule has 2 aliphatic carbocycles. The van der Waals surface area contributed by atoms with E-state index in [9.17, 15) is 10.2 Å². The minimum atomic E-state index is -0.429. The Labute approximate surface area is 135 Å². The van der Waals surface area contributed by atoms with Crippen LogP contribution in [0.1, 0.15) is 64.2 Å². The first kappa shape index (κ1) is 16.7. The van der Waals surface area contributed by atoms with Gasteiger partial charge in [0, 0.05) is 39.3 Å². The van der Waals surface area contributed by atoms with Crippen LogP contribution in [0.15, 0.2) is 0 Å². The molecule has 3 fully saturated rings. The van der Waals surface area contributed by atoms with Gasteiger partial charge < -0.3 is 10.2 Å². The maximum atomic E-state index is 10.7. The Kier molecular flexibility index (Phi) is 5.43. The molecule has 4 nitrogen and oxygen atoms in total. The molecule has 0 amide bonds. The van der Waals surface area contributed by atoms with Crippen molar-refractivity contribution in [1.29, 1.82) is 0 Å². The first-order valence-corrected chi connectivity index (χ1v) is 9.47. The standard InChI is InChI=1S/C18H34N2O2/c21-17(7-3-1-4-8-17)15-19-11-13-20(14-12-19)16-18(22)9-5-2-6-10-18/h21-22H,1-16H2. The van der Waals surface area contributed by atoms with Crippen molar-refractivity contribution in [1.82, 2.24) is 9.80 Å². The molecule has 0 atom stereocenters. The molecule has 0 spiro atoms. The molecule has 3 rings (SSSR count). The maximum absolute atomic E-state index is 10.7. The first-order chi connectivity index (χ1) is 10.6. The second kappa shape index (κ2) is 7.16. The van der Waals surface area contributed by atoms with E-state index in [-0.39, 0.29) is 0 Å². The third-order valence-corrected chi connectivity index (χ3v) is 6.07. The van der Waals surface area contributed by atoms with Gasteiger partial charge in [0.05, 0.1) is 11.2 Å². The Bertz CT molecular complexity index is 307. The van der Waals surface area contributed by atoms with Crippen LogP contribution in [0.25, 0.3) is 0 Å². The van der Waals surface area contributed by atoms with Crippen LogP contribution in [0.4, 0.5) is 0 Å². The van der Waals surface area contributed by atoms with Gasteiger partial charge >= 0.3 is 0 Å². The van der Waals surface area contributed by atoms with E-state index in [2.05, 4.69) is 9.80 Å². The molecular weight excluding hydrogens is 276 g/mol. The summed E-state index contributed by atoms with van der Waals surface area (Å²) in [5.74, 6) is 0. The fourth-order valence-corrected chi connectivity index (χ4v) is 4.67. The zero-order chi connectivity index (χ0) is 15.5. The largest absolute Gasteiger partial charge is 0.389 e. The van der Waals surface area contributed by atoms with Crippen LogP contribution >= 0.6 is 0 Å². The first-order valence-electron chi connectivity index (χ1n) is 9.47. The van der Waals surface area contributed by atoms with E-state index in [0.717, 1.165) is 65.0 Å². The average Bonchev–Trinajstić information content (AvgIpc) is 2.50. The number of nitrogens with zero attached hydrogens (tertiary/aromatic N) is 2. The number of aliphatic hydroxyl groups is 2. The molecule has 1 saturated heterocycles. The highest BCUT2D eigenvalue weighted by Gasteiger charge is 2.35. The lowest BCUT2D eigenvalue weighted by Crippen LogP contribution is -2.55. The number of hydrogen-bond donors (Lipinski definition) is 2. The van der Waals surface area contributed by atoms with Gasteiger partial charge in [-0.05, 0) is 25.7 Å². The Balaban J connectivity index is 1.42. The van der Waals surface area contributed by atoms with Gasteiger partial charge in [-0.3, -0.25) is 9.80 Å². The van der Waals surface area contributed by atoms with Crippen molar-refractivity contribution in [2.75, 3.05) is 39.3 Å². The summed E-state index contributed by atoms with van der Waals surface area (Å²) in [6, 6.07) is 0. The van der Waals surface area contributed by atoms with E-state index in [0.29, 0.717) is 0 Å². The number of piperazine rings is 1. The Hall–Kier alpha value is -0.160. The predicted octanol–water partition coefficient (Wildman–Crippen LogP) is 1.99. The van der Waals surface area contributed by atoms with Gasteiger partial charge in [0.15, 0.2) is 0 Å². The predicted molar refractivity (Wildman–Crippen MR) is 88.9 cm³/mol. The van der Waals surface area contributed by atoms with E-state index in [1.165, 1.54) is 38.5 Å². The number of rotatable bonds is 4. The van der Waals surface area contributed by atoms with Crippen LogP contribution in [-0.4, -0.2) is 70.5 Å². The van der Waals surface area contributed by atoms with Crippen LogP contribution in [0.2, 0.25) is 0 Å². The monoisotopic (exact) mass is 310 g/mol. The van der Waals surface area contributed by atoms with Crippen molar-refractivity contribution in [2.45, 2.75) is 75.4 Å². The molecule has 22 heavy (non-hydrogen) atoms. The number of β-amino-alcohol motifs (C(OH)–C–C–N with tert-alkyl or cyclic N) is 2. The lowest BCUT2D eigenvalue weighted by Gasteiger charge is -2.43. The van der Waals surface area contributed by atoms with Gasteiger partial charge in [-0.25, -0.2) is 0 Å². The van der Waals surface area contributed by atoms with Crippen molar-refractivity contribution >= 4 is 0 Å². The van der Waals surface area contributed by atoms with E-state index in [1.54, 1.807) is 0 Å². The summed E-state index contributed by atoms with van der Waals surface area (Å²) >= 11 is 0. The average molecular weight is 310 g/mol. The van der Waals surface area contributed by atoms with Crippen LogP contribution in [0, 0.1) is 0 Å². The lowest BCUT2D eigenvalue weighted by molar-refractivity contribution is -0.0549. The molecule has 2 saturated carbocycles. The van der Waals surface area contributed by atoms with Crippen molar-refractivity contribution in [3.63, 3.8) is 0 Å². The topological polar surface area (TPSA) is 46.9 Å². The van der Waals surface area contributed by atoms with Gasteiger partial charge in [-0.15, -0.1) is 0 Å². The molecule has 0 unspecified atom stereocenters. The summed E-state index contributed by atoms with van der Waals surface area (Å²) in [6.45, 7) is 5.86. The van der Waals surface area contributed by atoms with Crippen LogP contribution in [0.3, 0.4) is 0 Å². The fourth-order valence-electron chi connectivity index (χ4n) is 4.67. The summed E-state index contributed by atoms with van der Waals surface area (Å²) in [6.07, 6.45) is 11.2.